The van der Waals surface area contributed by atoms with E-state index >= 15 is 0 Å². The summed E-state index contributed by atoms with van der Waals surface area (Å²) in [6.45, 7) is 1.71. The molecule has 0 aliphatic carbocycles. The summed E-state index contributed by atoms with van der Waals surface area (Å²) in [4.78, 5) is 2.93. The molecule has 0 atom stereocenters. The number of hydrogen-bond donors (Lipinski definition) is 0. The molecule has 0 fully saturated rings. The Morgan fingerprint density at radius 1 is 1.08 bits per heavy atom. The molecule has 1 aromatic heterocycles. The fourth-order valence-corrected chi connectivity index (χ4v) is 3.43. The minimum Gasteiger partial charge on any atom is -0.301 e. The highest BCUT2D eigenvalue weighted by atomic mass is 32.2. The van der Waals surface area contributed by atoms with Gasteiger partial charge in [0.25, 0.3) is 0 Å². The van der Waals surface area contributed by atoms with Gasteiger partial charge in [-0.15, -0.1) is 11.8 Å². The Bertz CT molecular complexity index is 773. The Balaban J connectivity index is 1.50. The molecule has 0 aliphatic heterocycles. The summed E-state index contributed by atoms with van der Waals surface area (Å²) >= 11 is 1.55. The van der Waals surface area contributed by atoms with Crippen molar-refractivity contribution >= 4 is 11.8 Å². The van der Waals surface area contributed by atoms with E-state index in [4.69, 9.17) is 0 Å². The van der Waals surface area contributed by atoms with Crippen LogP contribution in [0.3, 0.4) is 0 Å². The summed E-state index contributed by atoms with van der Waals surface area (Å²) in [5.74, 6) is 0.707. The molecule has 5 heteroatoms. The van der Waals surface area contributed by atoms with Crippen LogP contribution in [-0.4, -0.2) is 34.0 Å². The number of thioether (sulfide) groups is 1. The highest BCUT2D eigenvalue weighted by Crippen LogP contribution is 2.21. The highest BCUT2D eigenvalue weighted by Gasteiger charge is 2.06. The maximum absolute atomic E-state index is 13.6. The summed E-state index contributed by atoms with van der Waals surface area (Å²) in [7, 11) is 2.07. The zero-order valence-electron chi connectivity index (χ0n) is 13.6. The second-order valence-corrected chi connectivity index (χ2v) is 6.78. The number of hydrogen-bond acceptors (Lipinski definition) is 3. The fourth-order valence-electron chi connectivity index (χ4n) is 2.43. The quantitative estimate of drug-likeness (QED) is 0.600. The first-order valence-electron chi connectivity index (χ1n) is 7.87. The van der Waals surface area contributed by atoms with Crippen molar-refractivity contribution in [3.8, 4) is 5.69 Å². The van der Waals surface area contributed by atoms with Crippen LogP contribution in [-0.2, 0) is 6.54 Å². The topological polar surface area (TPSA) is 21.1 Å². The van der Waals surface area contributed by atoms with Crippen LogP contribution < -0.4 is 0 Å². The van der Waals surface area contributed by atoms with Gasteiger partial charge >= 0.3 is 0 Å². The number of benzene rings is 2. The Kier molecular flexibility index (Phi) is 5.67. The lowest BCUT2D eigenvalue weighted by Gasteiger charge is -2.15. The summed E-state index contributed by atoms with van der Waals surface area (Å²) in [6, 6.07) is 17.0. The van der Waals surface area contributed by atoms with Crippen molar-refractivity contribution in [1.29, 1.82) is 0 Å². The van der Waals surface area contributed by atoms with Crippen molar-refractivity contribution in [3.63, 3.8) is 0 Å². The van der Waals surface area contributed by atoms with Crippen LogP contribution in [0.15, 0.2) is 71.9 Å². The molecular formula is C19H20FN3S. The van der Waals surface area contributed by atoms with Crippen LogP contribution in [0.2, 0.25) is 0 Å². The molecule has 0 saturated heterocycles. The first-order valence-corrected chi connectivity index (χ1v) is 8.86. The van der Waals surface area contributed by atoms with E-state index in [2.05, 4.69) is 23.2 Å². The van der Waals surface area contributed by atoms with Crippen molar-refractivity contribution in [2.24, 2.45) is 0 Å². The molecule has 3 nitrogen and oxygen atoms in total. The molecule has 2 aromatic carbocycles. The third-order valence-electron chi connectivity index (χ3n) is 3.68. The molecule has 0 radical (unpaired) electrons. The highest BCUT2D eigenvalue weighted by molar-refractivity contribution is 7.99. The van der Waals surface area contributed by atoms with Gasteiger partial charge in [-0.2, -0.15) is 5.10 Å². The lowest BCUT2D eigenvalue weighted by molar-refractivity contribution is 0.348. The van der Waals surface area contributed by atoms with Crippen LogP contribution in [0.4, 0.5) is 4.39 Å². The Morgan fingerprint density at radius 2 is 1.83 bits per heavy atom. The van der Waals surface area contributed by atoms with Crippen LogP contribution in [0, 0.1) is 5.82 Å². The molecular weight excluding hydrogens is 321 g/mol. The number of nitrogens with zero attached hydrogens (tertiary/aromatic N) is 3. The molecule has 0 saturated carbocycles. The molecule has 0 unspecified atom stereocenters. The van der Waals surface area contributed by atoms with Gasteiger partial charge in [0.05, 0.1) is 11.9 Å². The molecule has 3 rings (SSSR count). The molecule has 0 amide bonds. The van der Waals surface area contributed by atoms with Crippen LogP contribution in [0.25, 0.3) is 5.69 Å². The van der Waals surface area contributed by atoms with Gasteiger partial charge in [-0.1, -0.05) is 30.3 Å². The second-order valence-electron chi connectivity index (χ2n) is 5.65. The molecule has 0 spiro atoms. The van der Waals surface area contributed by atoms with E-state index in [1.165, 1.54) is 6.07 Å². The van der Waals surface area contributed by atoms with Crippen molar-refractivity contribution in [2.75, 3.05) is 19.3 Å². The fraction of sp³-hybridized carbons (Fsp3) is 0.211. The van der Waals surface area contributed by atoms with E-state index in [1.807, 2.05) is 53.3 Å². The third kappa shape index (κ3) is 4.46. The zero-order valence-corrected chi connectivity index (χ0v) is 14.4. The summed E-state index contributed by atoms with van der Waals surface area (Å²) in [5, 5.41) is 4.41. The molecule has 1 heterocycles. The van der Waals surface area contributed by atoms with E-state index in [-0.39, 0.29) is 5.82 Å². The van der Waals surface area contributed by atoms with Gasteiger partial charge in [-0.05, 0) is 31.3 Å². The van der Waals surface area contributed by atoms with Crippen molar-refractivity contribution in [2.45, 2.75) is 11.4 Å². The molecule has 124 valence electrons. The lowest BCUT2D eigenvalue weighted by Crippen LogP contribution is -2.20. The van der Waals surface area contributed by atoms with Crippen molar-refractivity contribution in [1.82, 2.24) is 14.7 Å². The van der Waals surface area contributed by atoms with Gasteiger partial charge in [0, 0.05) is 35.5 Å². The third-order valence-corrected chi connectivity index (χ3v) is 4.71. The van der Waals surface area contributed by atoms with Gasteiger partial charge in [0.15, 0.2) is 0 Å². The largest absolute Gasteiger partial charge is 0.301 e. The van der Waals surface area contributed by atoms with E-state index < -0.39 is 0 Å². The first-order chi connectivity index (χ1) is 11.7. The predicted octanol–water partition coefficient (Wildman–Crippen LogP) is 4.24. The van der Waals surface area contributed by atoms with Crippen molar-refractivity contribution < 1.29 is 4.39 Å². The number of aromatic nitrogens is 2. The summed E-state index contributed by atoms with van der Waals surface area (Å²) in [6.07, 6.45) is 3.95. The predicted molar refractivity (Wildman–Crippen MR) is 97.0 cm³/mol. The minimum atomic E-state index is -0.144. The maximum atomic E-state index is 13.6. The number of rotatable bonds is 7. The summed E-state index contributed by atoms with van der Waals surface area (Å²) in [5.41, 5.74) is 2.22. The molecule has 24 heavy (non-hydrogen) atoms. The van der Waals surface area contributed by atoms with Gasteiger partial charge < -0.3 is 4.90 Å². The van der Waals surface area contributed by atoms with Gasteiger partial charge in [-0.3, -0.25) is 0 Å². The standard InChI is InChI=1S/C19H20FN3S/c1-22(11-12-24-19-10-6-5-9-18(19)20)14-16-13-21-23(15-16)17-7-3-2-4-8-17/h2-10,13,15H,11-12,14H2,1H3. The Labute approximate surface area is 146 Å². The average molecular weight is 341 g/mol. The first kappa shape index (κ1) is 16.7. The van der Waals surface area contributed by atoms with E-state index in [9.17, 15) is 4.39 Å². The summed E-state index contributed by atoms with van der Waals surface area (Å²) < 4.78 is 15.5. The minimum absolute atomic E-state index is 0.144. The Hall–Kier alpha value is -2.11. The molecule has 0 aliphatic rings. The normalized spacial score (nSPS) is 11.1. The van der Waals surface area contributed by atoms with Crippen LogP contribution >= 0.6 is 11.8 Å². The smallest absolute Gasteiger partial charge is 0.136 e. The monoisotopic (exact) mass is 341 g/mol. The average Bonchev–Trinajstić information content (AvgIpc) is 3.06. The molecule has 0 N–H and O–H groups in total. The van der Waals surface area contributed by atoms with Crippen LogP contribution in [0.1, 0.15) is 5.56 Å². The number of para-hydroxylation sites is 1. The maximum Gasteiger partial charge on any atom is 0.136 e. The van der Waals surface area contributed by atoms with E-state index in [0.29, 0.717) is 4.90 Å². The van der Waals surface area contributed by atoms with E-state index in [0.717, 1.165) is 30.1 Å². The molecule has 3 aromatic rings. The van der Waals surface area contributed by atoms with Gasteiger partial charge in [0.1, 0.15) is 5.82 Å². The SMILES string of the molecule is CN(CCSc1ccccc1F)Cc1cnn(-c2ccccc2)c1. The Morgan fingerprint density at radius 3 is 2.62 bits per heavy atom. The van der Waals surface area contributed by atoms with Gasteiger partial charge in [-0.25, -0.2) is 9.07 Å². The number of halogens is 1. The second kappa shape index (κ2) is 8.13. The molecule has 0 bridgehead atoms. The van der Waals surface area contributed by atoms with E-state index in [1.54, 1.807) is 17.8 Å². The lowest BCUT2D eigenvalue weighted by atomic mass is 10.3. The van der Waals surface area contributed by atoms with Gasteiger partial charge in [0.2, 0.25) is 0 Å². The zero-order chi connectivity index (χ0) is 16.8. The van der Waals surface area contributed by atoms with Crippen LogP contribution in [0.5, 0.6) is 0 Å². The van der Waals surface area contributed by atoms with Crippen molar-refractivity contribution in [3.05, 3.63) is 78.4 Å².